The lowest BCUT2D eigenvalue weighted by molar-refractivity contribution is -0.134. The first-order chi connectivity index (χ1) is 15.6. The minimum absolute atomic E-state index is 0.0353. The molecule has 5 rings (SSSR count). The topological polar surface area (TPSA) is 45.7 Å². The molecule has 2 aliphatic rings. The van der Waals surface area contributed by atoms with E-state index < -0.39 is 0 Å². The van der Waals surface area contributed by atoms with Gasteiger partial charge in [0.15, 0.2) is 0 Å². The molecule has 2 aromatic carbocycles. The Hall–Kier alpha value is -2.77. The third-order valence-electron chi connectivity index (χ3n) is 6.37. The van der Waals surface area contributed by atoms with Crippen LogP contribution in [0, 0.1) is 11.7 Å². The van der Waals surface area contributed by atoms with Crippen molar-refractivity contribution in [2.45, 2.75) is 18.9 Å². The second kappa shape index (κ2) is 9.00. The molecule has 1 amide bonds. The van der Waals surface area contributed by atoms with E-state index in [4.69, 9.17) is 9.72 Å². The van der Waals surface area contributed by atoms with Crippen LogP contribution in [0.4, 0.5) is 4.39 Å². The number of nitrogens with zero attached hydrogens (tertiary/aromatic N) is 3. The highest BCUT2D eigenvalue weighted by molar-refractivity contribution is 7.13. The number of amides is 1. The summed E-state index contributed by atoms with van der Waals surface area (Å²) in [5.41, 5.74) is 2.83. The second-order valence-corrected chi connectivity index (χ2v) is 9.30. The molecule has 0 radical (unpaired) electrons. The van der Waals surface area contributed by atoms with Crippen LogP contribution < -0.4 is 4.74 Å². The average Bonchev–Trinajstić information content (AvgIpc) is 3.49. The van der Waals surface area contributed by atoms with E-state index in [9.17, 15) is 9.18 Å². The Morgan fingerprint density at radius 2 is 1.88 bits per heavy atom. The number of hydrogen-bond donors (Lipinski definition) is 0. The Kier molecular flexibility index (Phi) is 5.93. The van der Waals surface area contributed by atoms with E-state index in [-0.39, 0.29) is 23.6 Å². The SMILES string of the molecule is COc1ccc(-c2nc(CN3CCN(C(=O)C4CC4c4ccccc4F)CC3)cs2)cc1. The monoisotopic (exact) mass is 451 g/mol. The van der Waals surface area contributed by atoms with Crippen molar-refractivity contribution in [2.24, 2.45) is 5.92 Å². The molecular weight excluding hydrogens is 425 g/mol. The van der Waals surface area contributed by atoms with Gasteiger partial charge in [0, 0.05) is 49.6 Å². The van der Waals surface area contributed by atoms with Crippen molar-refractivity contribution < 1.29 is 13.9 Å². The fraction of sp³-hybridized carbons (Fsp3) is 0.360. The molecule has 0 bridgehead atoms. The third-order valence-corrected chi connectivity index (χ3v) is 7.31. The molecule has 1 aliphatic heterocycles. The number of aromatic nitrogens is 1. The summed E-state index contributed by atoms with van der Waals surface area (Å²) in [6.45, 7) is 3.88. The lowest BCUT2D eigenvalue weighted by Crippen LogP contribution is -2.48. The van der Waals surface area contributed by atoms with Gasteiger partial charge in [0.1, 0.15) is 16.6 Å². The van der Waals surface area contributed by atoms with Crippen LogP contribution in [-0.4, -0.2) is 54.0 Å². The highest BCUT2D eigenvalue weighted by Crippen LogP contribution is 2.49. The molecular formula is C25H26FN3O2S. The Balaban J connectivity index is 1.13. The largest absolute Gasteiger partial charge is 0.497 e. The summed E-state index contributed by atoms with van der Waals surface area (Å²) in [6, 6.07) is 14.8. The molecule has 2 fully saturated rings. The standard InChI is InChI=1S/C25H26FN3O2S/c1-31-19-8-6-17(7-9-19)24-27-18(16-32-24)15-28-10-12-29(13-11-28)25(30)22-14-21(22)20-4-2-3-5-23(20)26/h2-9,16,21-22H,10-15H2,1H3. The van der Waals surface area contributed by atoms with Gasteiger partial charge in [-0.1, -0.05) is 18.2 Å². The fourth-order valence-corrected chi connectivity index (χ4v) is 5.24. The molecule has 2 heterocycles. The Morgan fingerprint density at radius 3 is 2.59 bits per heavy atom. The molecule has 3 aromatic rings. The number of piperazine rings is 1. The zero-order valence-electron chi connectivity index (χ0n) is 18.0. The number of ether oxygens (including phenoxy) is 1. The maximum absolute atomic E-state index is 14.0. The van der Waals surface area contributed by atoms with E-state index in [2.05, 4.69) is 10.3 Å². The summed E-state index contributed by atoms with van der Waals surface area (Å²) >= 11 is 1.65. The van der Waals surface area contributed by atoms with Crippen LogP contribution in [0.3, 0.4) is 0 Å². The average molecular weight is 452 g/mol. The van der Waals surface area contributed by atoms with Gasteiger partial charge >= 0.3 is 0 Å². The summed E-state index contributed by atoms with van der Waals surface area (Å²) in [4.78, 5) is 22.0. The number of methoxy groups -OCH3 is 1. The fourth-order valence-electron chi connectivity index (χ4n) is 4.42. The van der Waals surface area contributed by atoms with Gasteiger partial charge in [-0.3, -0.25) is 9.69 Å². The number of carbonyl (C=O) groups excluding carboxylic acids is 1. The number of halogens is 1. The first-order valence-electron chi connectivity index (χ1n) is 11.0. The molecule has 7 heteroatoms. The summed E-state index contributed by atoms with van der Waals surface area (Å²) in [6.07, 6.45) is 0.757. The molecule has 2 atom stereocenters. The van der Waals surface area contributed by atoms with E-state index >= 15 is 0 Å². The van der Waals surface area contributed by atoms with Gasteiger partial charge in [-0.2, -0.15) is 0 Å². The van der Waals surface area contributed by atoms with Crippen LogP contribution in [0.2, 0.25) is 0 Å². The molecule has 32 heavy (non-hydrogen) atoms. The van der Waals surface area contributed by atoms with E-state index in [1.54, 1.807) is 30.6 Å². The Bertz CT molecular complexity index is 1090. The van der Waals surface area contributed by atoms with E-state index in [0.717, 1.165) is 61.2 Å². The highest BCUT2D eigenvalue weighted by Gasteiger charge is 2.47. The number of rotatable bonds is 6. The molecule has 1 aromatic heterocycles. The third kappa shape index (κ3) is 4.40. The van der Waals surface area contributed by atoms with Gasteiger partial charge < -0.3 is 9.64 Å². The van der Waals surface area contributed by atoms with Crippen molar-refractivity contribution in [3.05, 3.63) is 71.0 Å². The maximum atomic E-state index is 14.0. The first-order valence-corrected chi connectivity index (χ1v) is 11.8. The molecule has 5 nitrogen and oxygen atoms in total. The van der Waals surface area contributed by atoms with E-state index in [1.807, 2.05) is 35.2 Å². The van der Waals surface area contributed by atoms with Crippen LogP contribution in [0.15, 0.2) is 53.9 Å². The van der Waals surface area contributed by atoms with Crippen LogP contribution in [0.1, 0.15) is 23.6 Å². The van der Waals surface area contributed by atoms with Gasteiger partial charge in [-0.25, -0.2) is 9.37 Å². The zero-order chi connectivity index (χ0) is 22.1. The minimum Gasteiger partial charge on any atom is -0.497 e. The summed E-state index contributed by atoms with van der Waals surface area (Å²) in [5.74, 6) is 0.782. The predicted octanol–water partition coefficient (Wildman–Crippen LogP) is 4.41. The highest BCUT2D eigenvalue weighted by atomic mass is 32.1. The molecule has 0 N–H and O–H groups in total. The zero-order valence-corrected chi connectivity index (χ0v) is 18.9. The van der Waals surface area contributed by atoms with Crippen LogP contribution in [0.25, 0.3) is 10.6 Å². The van der Waals surface area contributed by atoms with Crippen molar-refractivity contribution in [1.29, 1.82) is 0 Å². The number of thiazole rings is 1. The molecule has 2 unspecified atom stereocenters. The van der Waals surface area contributed by atoms with E-state index in [1.165, 1.54) is 6.07 Å². The second-order valence-electron chi connectivity index (χ2n) is 8.44. The Morgan fingerprint density at radius 1 is 1.12 bits per heavy atom. The molecule has 1 saturated carbocycles. The molecule has 166 valence electrons. The van der Waals surface area contributed by atoms with Crippen molar-refractivity contribution in [2.75, 3.05) is 33.3 Å². The van der Waals surface area contributed by atoms with Gasteiger partial charge in [-0.05, 0) is 48.2 Å². The summed E-state index contributed by atoms with van der Waals surface area (Å²) < 4.78 is 19.2. The number of hydrogen-bond acceptors (Lipinski definition) is 5. The van der Waals surface area contributed by atoms with Crippen molar-refractivity contribution >= 4 is 17.2 Å². The lowest BCUT2D eigenvalue weighted by Gasteiger charge is -2.34. The smallest absolute Gasteiger partial charge is 0.226 e. The summed E-state index contributed by atoms with van der Waals surface area (Å²) in [5, 5.41) is 3.12. The number of benzene rings is 2. The predicted molar refractivity (Wildman–Crippen MR) is 123 cm³/mol. The normalized spacial score (nSPS) is 20.9. The van der Waals surface area contributed by atoms with Gasteiger partial charge in [0.25, 0.3) is 0 Å². The quantitative estimate of drug-likeness (QED) is 0.557. The van der Waals surface area contributed by atoms with E-state index in [0.29, 0.717) is 5.56 Å². The van der Waals surface area contributed by atoms with Crippen molar-refractivity contribution in [3.8, 4) is 16.3 Å². The van der Waals surface area contributed by atoms with Crippen LogP contribution in [0.5, 0.6) is 5.75 Å². The van der Waals surface area contributed by atoms with Crippen LogP contribution in [-0.2, 0) is 11.3 Å². The van der Waals surface area contributed by atoms with Gasteiger partial charge in [0.05, 0.1) is 12.8 Å². The minimum atomic E-state index is -0.199. The molecule has 1 aliphatic carbocycles. The number of carbonyl (C=O) groups is 1. The lowest BCUT2D eigenvalue weighted by atomic mass is 10.1. The Labute approximate surface area is 191 Å². The van der Waals surface area contributed by atoms with Gasteiger partial charge in [0.2, 0.25) is 5.91 Å². The van der Waals surface area contributed by atoms with Crippen molar-refractivity contribution in [1.82, 2.24) is 14.8 Å². The van der Waals surface area contributed by atoms with Gasteiger partial charge in [-0.15, -0.1) is 11.3 Å². The maximum Gasteiger partial charge on any atom is 0.226 e. The summed E-state index contributed by atoms with van der Waals surface area (Å²) in [7, 11) is 1.66. The van der Waals surface area contributed by atoms with Crippen LogP contribution >= 0.6 is 11.3 Å². The molecule has 1 saturated heterocycles. The molecule has 0 spiro atoms. The van der Waals surface area contributed by atoms with Crippen molar-refractivity contribution in [3.63, 3.8) is 0 Å². The first kappa shape index (κ1) is 21.1.